The van der Waals surface area contributed by atoms with Crippen LogP contribution in [0.25, 0.3) is 11.0 Å². The molecule has 0 spiro atoms. The van der Waals surface area contributed by atoms with E-state index in [2.05, 4.69) is 28.6 Å². The summed E-state index contributed by atoms with van der Waals surface area (Å²) in [5, 5.41) is 0. The number of benzene rings is 1. The molecular weight excluding hydrogens is 284 g/mol. The average molecular weight is 295 g/mol. The maximum absolute atomic E-state index is 6.00. The Hall–Kier alpha value is -1.10. The van der Waals surface area contributed by atoms with E-state index in [4.69, 9.17) is 23.8 Å². The molecule has 1 atom stereocenters. The molecule has 0 bridgehead atoms. The molecule has 3 aromatic rings. The Bertz CT molecular complexity index is 754. The lowest BCUT2D eigenvalue weighted by atomic mass is 10.2. The van der Waals surface area contributed by atoms with Gasteiger partial charge >= 0.3 is 0 Å². The maximum Gasteiger partial charge on any atom is 0.178 e. The van der Waals surface area contributed by atoms with Crippen LogP contribution in [-0.2, 0) is 0 Å². The number of rotatable bonds is 2. The number of imidazole rings is 1. The van der Waals surface area contributed by atoms with Gasteiger partial charge in [-0.2, -0.15) is 0 Å². The highest BCUT2D eigenvalue weighted by Crippen LogP contribution is 2.31. The van der Waals surface area contributed by atoms with E-state index in [-0.39, 0.29) is 6.04 Å². The monoisotopic (exact) mass is 294 g/mol. The van der Waals surface area contributed by atoms with Crippen molar-refractivity contribution in [2.45, 2.75) is 13.0 Å². The molecule has 2 nitrogen and oxygen atoms in total. The van der Waals surface area contributed by atoms with Gasteiger partial charge in [0.2, 0.25) is 0 Å². The van der Waals surface area contributed by atoms with Gasteiger partial charge in [-0.25, -0.2) is 0 Å². The molecule has 18 heavy (non-hydrogen) atoms. The van der Waals surface area contributed by atoms with Gasteiger partial charge in [0.05, 0.1) is 21.4 Å². The number of halogens is 1. The van der Waals surface area contributed by atoms with Crippen molar-refractivity contribution in [2.75, 3.05) is 0 Å². The van der Waals surface area contributed by atoms with Crippen molar-refractivity contribution >= 4 is 46.2 Å². The van der Waals surface area contributed by atoms with Gasteiger partial charge in [-0.1, -0.05) is 23.7 Å². The second kappa shape index (κ2) is 4.53. The summed E-state index contributed by atoms with van der Waals surface area (Å²) in [6, 6.07) is 12.3. The second-order valence-electron chi connectivity index (χ2n) is 4.14. The quantitative estimate of drug-likeness (QED) is 0.658. The largest absolute Gasteiger partial charge is 0.331 e. The fraction of sp³-hybridized carbons (Fsp3) is 0.154. The van der Waals surface area contributed by atoms with Gasteiger partial charge in [0.25, 0.3) is 0 Å². The molecule has 0 fully saturated rings. The molecule has 1 N–H and O–H groups in total. The van der Waals surface area contributed by atoms with Gasteiger partial charge in [0.1, 0.15) is 0 Å². The van der Waals surface area contributed by atoms with Crippen LogP contribution >= 0.6 is 35.2 Å². The van der Waals surface area contributed by atoms with Crippen LogP contribution in [0, 0.1) is 4.77 Å². The fourth-order valence-corrected chi connectivity index (χ4v) is 3.61. The molecule has 0 amide bonds. The molecule has 2 aromatic heterocycles. The van der Waals surface area contributed by atoms with E-state index in [1.165, 1.54) is 4.88 Å². The Morgan fingerprint density at radius 1 is 1.28 bits per heavy atom. The molecule has 92 valence electrons. The first kappa shape index (κ1) is 12.0. The van der Waals surface area contributed by atoms with Crippen molar-refractivity contribution in [3.05, 3.63) is 50.4 Å². The van der Waals surface area contributed by atoms with Crippen LogP contribution in [0.15, 0.2) is 36.4 Å². The van der Waals surface area contributed by atoms with E-state index < -0.39 is 0 Å². The van der Waals surface area contributed by atoms with Crippen LogP contribution in [0.1, 0.15) is 17.8 Å². The van der Waals surface area contributed by atoms with Gasteiger partial charge < -0.3 is 9.55 Å². The zero-order chi connectivity index (χ0) is 12.7. The van der Waals surface area contributed by atoms with Crippen molar-refractivity contribution in [1.29, 1.82) is 0 Å². The first-order chi connectivity index (χ1) is 8.66. The van der Waals surface area contributed by atoms with Crippen molar-refractivity contribution in [3.63, 3.8) is 0 Å². The molecular formula is C13H11ClN2S2. The molecule has 0 aliphatic rings. The van der Waals surface area contributed by atoms with Gasteiger partial charge in [-0.05, 0) is 43.4 Å². The molecule has 3 rings (SSSR count). The first-order valence-corrected chi connectivity index (χ1v) is 7.21. The third-order valence-electron chi connectivity index (χ3n) is 3.02. The van der Waals surface area contributed by atoms with E-state index in [0.29, 0.717) is 0 Å². The number of aromatic amines is 1. The highest BCUT2D eigenvalue weighted by Gasteiger charge is 2.14. The molecule has 1 aromatic carbocycles. The van der Waals surface area contributed by atoms with E-state index in [1.807, 2.05) is 24.3 Å². The Morgan fingerprint density at radius 2 is 2.06 bits per heavy atom. The summed E-state index contributed by atoms with van der Waals surface area (Å²) in [5.74, 6) is 0. The predicted octanol–water partition coefficient (Wildman–Crippen LogP) is 5.02. The highest BCUT2D eigenvalue weighted by atomic mass is 35.5. The SMILES string of the molecule is CC(c1ccc(Cl)s1)n1c(=S)[nH]c2ccccc21. The Kier molecular flexibility index (Phi) is 3.01. The predicted molar refractivity (Wildman–Crippen MR) is 80.3 cm³/mol. The van der Waals surface area contributed by atoms with Crippen LogP contribution in [-0.4, -0.2) is 9.55 Å². The minimum atomic E-state index is 0.186. The molecule has 1 unspecified atom stereocenters. The molecule has 0 saturated heterocycles. The van der Waals surface area contributed by atoms with Crippen LogP contribution in [0.3, 0.4) is 0 Å². The fourth-order valence-electron chi connectivity index (χ4n) is 2.14. The summed E-state index contributed by atoms with van der Waals surface area (Å²) in [7, 11) is 0. The van der Waals surface area contributed by atoms with Crippen LogP contribution < -0.4 is 0 Å². The van der Waals surface area contributed by atoms with E-state index in [9.17, 15) is 0 Å². The first-order valence-electron chi connectivity index (χ1n) is 5.61. The molecule has 0 radical (unpaired) electrons. The summed E-state index contributed by atoms with van der Waals surface area (Å²) < 4.78 is 3.68. The lowest BCUT2D eigenvalue weighted by molar-refractivity contribution is 0.661. The summed E-state index contributed by atoms with van der Waals surface area (Å²) in [6.45, 7) is 2.14. The smallest absolute Gasteiger partial charge is 0.178 e. The van der Waals surface area contributed by atoms with Crippen molar-refractivity contribution in [1.82, 2.24) is 9.55 Å². The van der Waals surface area contributed by atoms with E-state index in [1.54, 1.807) is 11.3 Å². The average Bonchev–Trinajstić information content (AvgIpc) is 2.91. The maximum atomic E-state index is 6.00. The number of aromatic nitrogens is 2. The highest BCUT2D eigenvalue weighted by molar-refractivity contribution is 7.71. The van der Waals surface area contributed by atoms with E-state index >= 15 is 0 Å². The van der Waals surface area contributed by atoms with Crippen molar-refractivity contribution < 1.29 is 0 Å². The minimum Gasteiger partial charge on any atom is -0.331 e. The number of nitrogens with one attached hydrogen (secondary N) is 1. The summed E-state index contributed by atoms with van der Waals surface area (Å²) >= 11 is 13.0. The third kappa shape index (κ3) is 1.90. The van der Waals surface area contributed by atoms with Crippen molar-refractivity contribution in [2.24, 2.45) is 0 Å². The Morgan fingerprint density at radius 3 is 2.78 bits per heavy atom. The normalized spacial score (nSPS) is 13.0. The molecule has 0 saturated carbocycles. The molecule has 5 heteroatoms. The van der Waals surface area contributed by atoms with Crippen molar-refractivity contribution in [3.8, 4) is 0 Å². The third-order valence-corrected chi connectivity index (χ3v) is 4.72. The number of thiophene rings is 1. The number of fused-ring (bicyclic) bond motifs is 1. The number of H-pyrrole nitrogens is 1. The summed E-state index contributed by atoms with van der Waals surface area (Å²) in [4.78, 5) is 4.44. The number of para-hydroxylation sites is 2. The Balaban J connectivity index is 2.19. The van der Waals surface area contributed by atoms with Crippen LogP contribution in [0.2, 0.25) is 4.34 Å². The van der Waals surface area contributed by atoms with Gasteiger partial charge in [0.15, 0.2) is 4.77 Å². The Labute approximate surface area is 119 Å². The zero-order valence-electron chi connectivity index (χ0n) is 9.68. The topological polar surface area (TPSA) is 20.7 Å². The number of hydrogen-bond acceptors (Lipinski definition) is 2. The van der Waals surface area contributed by atoms with E-state index in [0.717, 1.165) is 20.1 Å². The molecule has 0 aliphatic carbocycles. The number of nitrogens with zero attached hydrogens (tertiary/aromatic N) is 1. The zero-order valence-corrected chi connectivity index (χ0v) is 12.1. The van der Waals surface area contributed by atoms with Gasteiger partial charge in [0, 0.05) is 4.88 Å². The standard InChI is InChI=1S/C13H11ClN2S2/c1-8(11-6-7-12(14)18-11)16-10-5-3-2-4-9(10)15-13(16)17/h2-8H,1H3,(H,15,17). The lowest BCUT2D eigenvalue weighted by Gasteiger charge is -2.12. The van der Waals surface area contributed by atoms with Gasteiger partial charge in [-0.15, -0.1) is 11.3 Å². The van der Waals surface area contributed by atoms with Crippen LogP contribution in [0.4, 0.5) is 0 Å². The van der Waals surface area contributed by atoms with Gasteiger partial charge in [-0.3, -0.25) is 0 Å². The molecule has 0 aliphatic heterocycles. The summed E-state index contributed by atoms with van der Waals surface area (Å²) in [5.41, 5.74) is 2.19. The summed E-state index contributed by atoms with van der Waals surface area (Å²) in [6.07, 6.45) is 0. The van der Waals surface area contributed by atoms with Crippen LogP contribution in [0.5, 0.6) is 0 Å². The number of hydrogen-bond donors (Lipinski definition) is 1. The lowest BCUT2D eigenvalue weighted by Crippen LogP contribution is -2.04. The second-order valence-corrected chi connectivity index (χ2v) is 6.27. The minimum absolute atomic E-state index is 0.186. The molecule has 2 heterocycles.